The van der Waals surface area contributed by atoms with Gasteiger partial charge in [-0.3, -0.25) is 4.79 Å². The van der Waals surface area contributed by atoms with E-state index >= 15 is 0 Å². The number of ether oxygens (including phenoxy) is 1. The summed E-state index contributed by atoms with van der Waals surface area (Å²) in [6.45, 7) is 2.79. The molecule has 0 spiro atoms. The first-order chi connectivity index (χ1) is 16.6. The topological polar surface area (TPSA) is 43.3 Å². The Morgan fingerprint density at radius 2 is 1.79 bits per heavy atom. The monoisotopic (exact) mass is 450 g/mol. The van der Waals surface area contributed by atoms with Gasteiger partial charge < -0.3 is 14.6 Å². The molecule has 0 aliphatic heterocycles. The van der Waals surface area contributed by atoms with Crippen molar-refractivity contribution in [3.8, 4) is 22.7 Å². The highest BCUT2D eigenvalue weighted by molar-refractivity contribution is 5.94. The van der Waals surface area contributed by atoms with Gasteiger partial charge in [-0.05, 0) is 84.3 Å². The molecule has 1 aromatic heterocycles. The molecule has 0 radical (unpaired) electrons. The van der Waals surface area contributed by atoms with Crippen LogP contribution in [-0.4, -0.2) is 17.6 Å². The quantitative estimate of drug-likeness (QED) is 0.380. The molecule has 1 unspecified atom stereocenters. The van der Waals surface area contributed by atoms with Crippen LogP contribution in [0.2, 0.25) is 0 Å². The molecular weight excluding hydrogens is 420 g/mol. The van der Waals surface area contributed by atoms with Crippen molar-refractivity contribution >= 4 is 5.91 Å². The van der Waals surface area contributed by atoms with Crippen molar-refractivity contribution in [3.63, 3.8) is 0 Å². The fourth-order valence-electron chi connectivity index (χ4n) is 4.86. The molecule has 5 rings (SSSR count). The summed E-state index contributed by atoms with van der Waals surface area (Å²) in [5.41, 5.74) is 8.02. The number of amides is 1. The molecule has 0 saturated carbocycles. The lowest BCUT2D eigenvalue weighted by atomic mass is 9.89. The third-order valence-electron chi connectivity index (χ3n) is 6.68. The third kappa shape index (κ3) is 4.49. The van der Waals surface area contributed by atoms with E-state index in [-0.39, 0.29) is 5.91 Å². The van der Waals surface area contributed by atoms with Crippen molar-refractivity contribution in [3.05, 3.63) is 107 Å². The van der Waals surface area contributed by atoms with Gasteiger partial charge in [0.1, 0.15) is 5.75 Å². The highest BCUT2D eigenvalue weighted by Crippen LogP contribution is 2.35. The lowest BCUT2D eigenvalue weighted by Gasteiger charge is -2.21. The summed E-state index contributed by atoms with van der Waals surface area (Å²) in [7, 11) is 1.64. The molecule has 34 heavy (non-hydrogen) atoms. The van der Waals surface area contributed by atoms with E-state index in [9.17, 15) is 4.79 Å². The van der Waals surface area contributed by atoms with E-state index in [1.165, 1.54) is 28.9 Å². The Morgan fingerprint density at radius 3 is 2.56 bits per heavy atom. The first-order valence-electron chi connectivity index (χ1n) is 11.9. The van der Waals surface area contributed by atoms with Gasteiger partial charge >= 0.3 is 0 Å². The van der Waals surface area contributed by atoms with Gasteiger partial charge in [0, 0.05) is 23.5 Å². The molecule has 1 heterocycles. The first-order valence-corrected chi connectivity index (χ1v) is 11.9. The molecule has 172 valence electrons. The summed E-state index contributed by atoms with van der Waals surface area (Å²) in [6, 6.07) is 28.6. The maximum absolute atomic E-state index is 12.8. The van der Waals surface area contributed by atoms with Crippen molar-refractivity contribution in [2.45, 2.75) is 32.7 Å². The number of benzene rings is 3. The number of hydrogen-bond donors (Lipinski definition) is 1. The van der Waals surface area contributed by atoms with E-state index in [0.29, 0.717) is 18.0 Å². The Labute approximate surface area is 201 Å². The minimum Gasteiger partial charge on any atom is -0.497 e. The smallest absolute Gasteiger partial charge is 0.251 e. The van der Waals surface area contributed by atoms with Gasteiger partial charge in [0.25, 0.3) is 5.91 Å². The van der Waals surface area contributed by atoms with Crippen LogP contribution in [0.1, 0.15) is 40.5 Å². The number of carbonyl (C=O) groups is 1. The van der Waals surface area contributed by atoms with E-state index in [1.54, 1.807) is 7.11 Å². The number of fused-ring (bicyclic) bond motifs is 1. The number of hydrogen-bond acceptors (Lipinski definition) is 2. The average Bonchev–Trinajstić information content (AvgIpc) is 3.26. The Kier molecular flexibility index (Phi) is 6.22. The lowest BCUT2D eigenvalue weighted by Crippen LogP contribution is -2.22. The van der Waals surface area contributed by atoms with E-state index in [2.05, 4.69) is 65.3 Å². The fourth-order valence-corrected chi connectivity index (χ4v) is 4.86. The summed E-state index contributed by atoms with van der Waals surface area (Å²) in [5.74, 6) is 1.42. The summed E-state index contributed by atoms with van der Waals surface area (Å²) in [5, 5.41) is 3.01. The van der Waals surface area contributed by atoms with Crippen LogP contribution in [0, 0.1) is 5.92 Å². The number of methoxy groups -OCH3 is 1. The van der Waals surface area contributed by atoms with Crippen molar-refractivity contribution in [1.29, 1.82) is 0 Å². The minimum absolute atomic E-state index is 0.0824. The third-order valence-corrected chi connectivity index (χ3v) is 6.68. The zero-order valence-corrected chi connectivity index (χ0v) is 19.8. The van der Waals surface area contributed by atoms with Crippen molar-refractivity contribution in [1.82, 2.24) is 9.88 Å². The molecule has 0 bridgehead atoms. The second-order valence-electron chi connectivity index (χ2n) is 9.13. The van der Waals surface area contributed by atoms with Crippen molar-refractivity contribution in [2.24, 2.45) is 5.92 Å². The zero-order valence-electron chi connectivity index (χ0n) is 19.8. The molecule has 1 amide bonds. The molecule has 3 aromatic carbocycles. The fraction of sp³-hybridized carbons (Fsp3) is 0.233. The summed E-state index contributed by atoms with van der Waals surface area (Å²) in [4.78, 5) is 12.8. The Bertz CT molecular complexity index is 1290. The van der Waals surface area contributed by atoms with Crippen LogP contribution in [0.5, 0.6) is 5.75 Å². The Morgan fingerprint density at radius 1 is 1.00 bits per heavy atom. The predicted molar refractivity (Wildman–Crippen MR) is 137 cm³/mol. The molecular formula is C30H30N2O2. The van der Waals surface area contributed by atoms with Gasteiger partial charge in [-0.25, -0.2) is 0 Å². The highest BCUT2D eigenvalue weighted by atomic mass is 16.5. The maximum Gasteiger partial charge on any atom is 0.251 e. The minimum atomic E-state index is -0.0824. The van der Waals surface area contributed by atoms with Gasteiger partial charge in [-0.2, -0.15) is 0 Å². The highest BCUT2D eigenvalue weighted by Gasteiger charge is 2.23. The van der Waals surface area contributed by atoms with Gasteiger partial charge in [0.05, 0.1) is 12.8 Å². The molecule has 0 fully saturated rings. The van der Waals surface area contributed by atoms with E-state index in [0.717, 1.165) is 29.8 Å². The number of nitrogens with one attached hydrogen (secondary N) is 1. The second-order valence-corrected chi connectivity index (χ2v) is 9.13. The van der Waals surface area contributed by atoms with Crippen LogP contribution in [0.25, 0.3) is 16.9 Å². The van der Waals surface area contributed by atoms with Crippen LogP contribution >= 0.6 is 0 Å². The zero-order chi connectivity index (χ0) is 23.5. The average molecular weight is 451 g/mol. The summed E-state index contributed by atoms with van der Waals surface area (Å²) in [6.07, 6.45) is 3.40. The standard InChI is InChI=1S/C30H30N2O2/c1-21-11-16-28-25(17-21)19-29(23-8-4-3-5-9-23)32(28)26-14-12-24(13-15-26)30(33)31-20-22-7-6-10-27(18-22)34-2/h3-10,12-15,18-19,21H,11,16-17,20H2,1-2H3,(H,31,33). The molecule has 4 heteroatoms. The van der Waals surface area contributed by atoms with Gasteiger partial charge in [0.2, 0.25) is 0 Å². The van der Waals surface area contributed by atoms with E-state index in [4.69, 9.17) is 4.74 Å². The number of nitrogens with zero attached hydrogens (tertiary/aromatic N) is 1. The molecule has 1 atom stereocenters. The largest absolute Gasteiger partial charge is 0.497 e. The predicted octanol–water partition coefficient (Wildman–Crippen LogP) is 6.21. The number of aromatic nitrogens is 1. The Balaban J connectivity index is 1.40. The van der Waals surface area contributed by atoms with Crippen molar-refractivity contribution < 1.29 is 9.53 Å². The Hall–Kier alpha value is -3.79. The lowest BCUT2D eigenvalue weighted by molar-refractivity contribution is 0.0951. The SMILES string of the molecule is COc1cccc(CNC(=O)c2ccc(-n3c(-c4ccccc4)cc4c3CCC(C)C4)cc2)c1. The van der Waals surface area contributed by atoms with Crippen LogP contribution in [0.4, 0.5) is 0 Å². The molecule has 1 N–H and O–H groups in total. The van der Waals surface area contributed by atoms with Crippen LogP contribution in [-0.2, 0) is 19.4 Å². The molecule has 4 aromatic rings. The first kappa shape index (κ1) is 22.0. The van der Waals surface area contributed by atoms with Gasteiger partial charge in [-0.15, -0.1) is 0 Å². The maximum atomic E-state index is 12.8. The number of rotatable bonds is 6. The normalized spacial score (nSPS) is 14.9. The van der Waals surface area contributed by atoms with Gasteiger partial charge in [0.15, 0.2) is 0 Å². The van der Waals surface area contributed by atoms with Crippen LogP contribution in [0.3, 0.4) is 0 Å². The summed E-state index contributed by atoms with van der Waals surface area (Å²) < 4.78 is 7.65. The van der Waals surface area contributed by atoms with Crippen LogP contribution < -0.4 is 10.1 Å². The van der Waals surface area contributed by atoms with E-state index < -0.39 is 0 Å². The second kappa shape index (κ2) is 9.60. The van der Waals surface area contributed by atoms with Crippen molar-refractivity contribution in [2.75, 3.05) is 7.11 Å². The number of carbonyl (C=O) groups excluding carboxylic acids is 1. The molecule has 4 nitrogen and oxygen atoms in total. The molecule has 1 aliphatic rings. The van der Waals surface area contributed by atoms with E-state index in [1.807, 2.05) is 36.4 Å². The molecule has 0 saturated heterocycles. The van der Waals surface area contributed by atoms with Gasteiger partial charge in [-0.1, -0.05) is 49.4 Å². The van der Waals surface area contributed by atoms with Crippen LogP contribution in [0.15, 0.2) is 84.9 Å². The molecule has 1 aliphatic carbocycles. The summed E-state index contributed by atoms with van der Waals surface area (Å²) >= 11 is 0.